The quantitative estimate of drug-likeness (QED) is 0.152. The Bertz CT molecular complexity index is 1530. The van der Waals surface area contributed by atoms with Gasteiger partial charge in [0.2, 0.25) is 0 Å². The first-order chi connectivity index (χ1) is 18.5. The monoisotopic (exact) mass is 575 g/mol. The van der Waals surface area contributed by atoms with Crippen molar-refractivity contribution in [2.24, 2.45) is 5.10 Å². The van der Waals surface area contributed by atoms with Crippen LogP contribution in [0.4, 0.5) is 0 Å². The van der Waals surface area contributed by atoms with Gasteiger partial charge >= 0.3 is 0 Å². The number of unbranched alkanes of at least 4 members (excludes halogenated alkanes) is 1. The highest BCUT2D eigenvalue weighted by Crippen LogP contribution is 2.31. The van der Waals surface area contributed by atoms with E-state index >= 15 is 0 Å². The zero-order chi connectivity index (χ0) is 27.1. The van der Waals surface area contributed by atoms with Gasteiger partial charge < -0.3 is 9.47 Å². The molecule has 0 aliphatic carbocycles. The Labute approximate surface area is 230 Å². The molecule has 0 aliphatic heterocycles. The number of hydrogen-bond acceptors (Lipinski definition) is 6. The van der Waals surface area contributed by atoms with E-state index < -0.39 is 0 Å². The van der Waals surface area contributed by atoms with Gasteiger partial charge in [-0.3, -0.25) is 9.59 Å². The highest BCUT2D eigenvalue weighted by atomic mass is 79.9. The second kappa shape index (κ2) is 12.6. The van der Waals surface area contributed by atoms with Crippen LogP contribution in [0.5, 0.6) is 11.5 Å². The maximum Gasteiger partial charge on any atom is 0.282 e. The molecule has 0 atom stereocenters. The molecule has 0 spiro atoms. The van der Waals surface area contributed by atoms with E-state index in [-0.39, 0.29) is 11.3 Å². The highest BCUT2D eigenvalue weighted by molar-refractivity contribution is 9.10. The minimum atomic E-state index is -0.261. The van der Waals surface area contributed by atoms with Gasteiger partial charge in [-0.25, -0.2) is 4.98 Å². The molecule has 0 fully saturated rings. The number of aromatic nitrogens is 2. The van der Waals surface area contributed by atoms with E-state index in [0.29, 0.717) is 64.6 Å². The second-order valence-electron chi connectivity index (χ2n) is 8.60. The summed E-state index contributed by atoms with van der Waals surface area (Å²) in [5.74, 6) is 1.33. The Morgan fingerprint density at radius 2 is 1.74 bits per heavy atom. The van der Waals surface area contributed by atoms with Gasteiger partial charge in [0.15, 0.2) is 5.78 Å². The molecule has 0 N–H and O–H groups in total. The molecule has 0 unspecified atom stereocenters. The largest absolute Gasteiger partial charge is 0.493 e. The summed E-state index contributed by atoms with van der Waals surface area (Å²) in [6, 6.07) is 17.9. The summed E-state index contributed by atoms with van der Waals surface area (Å²) in [4.78, 5) is 31.6. The SMILES string of the molecule is CCCCc1nc2ccc(Br)cc2c(=O)n1N=Cc1cc(C(=O)c2ccccc2)c(OCC)cc1OCC. The second-order valence-corrected chi connectivity index (χ2v) is 9.52. The summed E-state index contributed by atoms with van der Waals surface area (Å²) in [7, 11) is 0. The van der Waals surface area contributed by atoms with E-state index in [1.807, 2.05) is 44.2 Å². The minimum Gasteiger partial charge on any atom is -0.493 e. The molecule has 38 heavy (non-hydrogen) atoms. The third-order valence-corrected chi connectivity index (χ3v) is 6.43. The minimum absolute atomic E-state index is 0.176. The number of hydrogen-bond donors (Lipinski definition) is 0. The lowest BCUT2D eigenvalue weighted by Crippen LogP contribution is -2.22. The number of ketones is 1. The van der Waals surface area contributed by atoms with Crippen molar-refractivity contribution in [3.8, 4) is 11.5 Å². The van der Waals surface area contributed by atoms with Crippen LogP contribution in [0.2, 0.25) is 0 Å². The maximum absolute atomic E-state index is 13.5. The van der Waals surface area contributed by atoms with Crippen LogP contribution >= 0.6 is 15.9 Å². The van der Waals surface area contributed by atoms with Gasteiger partial charge in [0.25, 0.3) is 5.56 Å². The van der Waals surface area contributed by atoms with Crippen molar-refractivity contribution in [3.63, 3.8) is 0 Å². The van der Waals surface area contributed by atoms with Crippen LogP contribution in [0.3, 0.4) is 0 Å². The molecule has 3 aromatic carbocycles. The number of halogens is 1. The first kappa shape index (κ1) is 27.3. The van der Waals surface area contributed by atoms with E-state index in [9.17, 15) is 9.59 Å². The molecular weight excluding hydrogens is 546 g/mol. The molecule has 8 heteroatoms. The summed E-state index contributed by atoms with van der Waals surface area (Å²) in [6.45, 7) is 6.63. The van der Waals surface area contributed by atoms with E-state index in [1.165, 1.54) is 4.68 Å². The Balaban J connectivity index is 1.87. The molecule has 196 valence electrons. The van der Waals surface area contributed by atoms with Gasteiger partial charge in [0.1, 0.15) is 17.3 Å². The third kappa shape index (κ3) is 6.02. The molecule has 0 amide bonds. The van der Waals surface area contributed by atoms with E-state index in [0.717, 1.165) is 17.3 Å². The fourth-order valence-corrected chi connectivity index (χ4v) is 4.45. The average Bonchev–Trinajstić information content (AvgIpc) is 2.93. The van der Waals surface area contributed by atoms with Crippen LogP contribution in [-0.2, 0) is 6.42 Å². The van der Waals surface area contributed by atoms with Crippen molar-refractivity contribution < 1.29 is 14.3 Å². The molecular formula is C30H30BrN3O4. The molecule has 4 aromatic rings. The number of rotatable bonds is 11. The maximum atomic E-state index is 13.5. The van der Waals surface area contributed by atoms with Crippen molar-refractivity contribution in [1.82, 2.24) is 9.66 Å². The molecule has 1 heterocycles. The van der Waals surface area contributed by atoms with Crippen molar-refractivity contribution in [2.45, 2.75) is 40.0 Å². The first-order valence-corrected chi connectivity index (χ1v) is 13.5. The Hall–Kier alpha value is -3.78. The van der Waals surface area contributed by atoms with Crippen LogP contribution in [0.1, 0.15) is 60.9 Å². The lowest BCUT2D eigenvalue weighted by Gasteiger charge is -2.15. The number of carbonyl (C=O) groups excluding carboxylic acids is 1. The average molecular weight is 576 g/mol. The topological polar surface area (TPSA) is 82.8 Å². The molecule has 0 aliphatic rings. The Morgan fingerprint density at radius 1 is 1.00 bits per heavy atom. The van der Waals surface area contributed by atoms with Crippen LogP contribution < -0.4 is 15.0 Å². The fraction of sp³-hybridized carbons (Fsp3) is 0.267. The fourth-order valence-electron chi connectivity index (χ4n) is 4.09. The predicted molar refractivity (Wildman–Crippen MR) is 154 cm³/mol. The van der Waals surface area contributed by atoms with Crippen LogP contribution in [0.15, 0.2) is 75.0 Å². The van der Waals surface area contributed by atoms with Gasteiger partial charge in [-0.1, -0.05) is 59.6 Å². The van der Waals surface area contributed by atoms with E-state index in [4.69, 9.17) is 14.5 Å². The van der Waals surface area contributed by atoms with Gasteiger partial charge in [0.05, 0.1) is 35.9 Å². The van der Waals surface area contributed by atoms with Crippen LogP contribution in [-0.4, -0.2) is 34.9 Å². The normalized spacial score (nSPS) is 11.3. The first-order valence-electron chi connectivity index (χ1n) is 12.8. The van der Waals surface area contributed by atoms with Gasteiger partial charge in [0, 0.05) is 28.1 Å². The molecule has 0 radical (unpaired) electrons. The lowest BCUT2D eigenvalue weighted by molar-refractivity contribution is 0.103. The summed E-state index contributed by atoms with van der Waals surface area (Å²) >= 11 is 3.44. The molecule has 7 nitrogen and oxygen atoms in total. The lowest BCUT2D eigenvalue weighted by atomic mass is 10.00. The standard InChI is InChI=1S/C30H30BrN3O4/c1-4-7-13-28-33-25-15-14-22(31)17-23(25)30(36)34(28)32-19-21-16-24(29(35)20-11-9-8-10-12-20)27(38-6-3)18-26(21)37-5-2/h8-12,14-19H,4-7,13H2,1-3H3. The number of ether oxygens (including phenoxy) is 2. The van der Waals surface area contributed by atoms with Crippen LogP contribution in [0.25, 0.3) is 10.9 Å². The van der Waals surface area contributed by atoms with Crippen LogP contribution in [0, 0.1) is 0 Å². The summed E-state index contributed by atoms with van der Waals surface area (Å²) in [5.41, 5.74) is 1.85. The summed E-state index contributed by atoms with van der Waals surface area (Å²) < 4.78 is 13.8. The molecule has 0 saturated carbocycles. The van der Waals surface area contributed by atoms with Crippen molar-refractivity contribution in [3.05, 3.63) is 98.0 Å². The van der Waals surface area contributed by atoms with Gasteiger partial charge in [-0.05, 0) is 44.5 Å². The molecule has 0 bridgehead atoms. The van der Waals surface area contributed by atoms with Gasteiger partial charge in [-0.2, -0.15) is 9.78 Å². The number of fused-ring (bicyclic) bond motifs is 1. The summed E-state index contributed by atoms with van der Waals surface area (Å²) in [6.07, 6.45) is 3.97. The zero-order valence-corrected chi connectivity index (χ0v) is 23.3. The smallest absolute Gasteiger partial charge is 0.282 e. The van der Waals surface area contributed by atoms with E-state index in [1.54, 1.807) is 36.5 Å². The number of aryl methyl sites for hydroxylation is 1. The molecule has 4 rings (SSSR count). The number of nitrogens with zero attached hydrogens (tertiary/aromatic N) is 3. The van der Waals surface area contributed by atoms with Crippen molar-refractivity contribution in [2.75, 3.05) is 13.2 Å². The highest BCUT2D eigenvalue weighted by Gasteiger charge is 2.19. The van der Waals surface area contributed by atoms with Crippen molar-refractivity contribution >= 4 is 38.8 Å². The molecule has 0 saturated heterocycles. The Kier molecular flexibility index (Phi) is 9.07. The summed E-state index contributed by atoms with van der Waals surface area (Å²) in [5, 5.41) is 5.04. The van der Waals surface area contributed by atoms with Gasteiger partial charge in [-0.15, -0.1) is 0 Å². The van der Waals surface area contributed by atoms with Crippen molar-refractivity contribution in [1.29, 1.82) is 0 Å². The number of benzene rings is 3. The molecule has 1 aromatic heterocycles. The number of carbonyl (C=O) groups is 1. The Morgan fingerprint density at radius 3 is 2.45 bits per heavy atom. The predicted octanol–water partition coefficient (Wildman–Crippen LogP) is 6.41. The third-order valence-electron chi connectivity index (χ3n) is 5.93. The van der Waals surface area contributed by atoms with E-state index in [2.05, 4.69) is 28.0 Å². The zero-order valence-electron chi connectivity index (χ0n) is 21.7.